The van der Waals surface area contributed by atoms with Gasteiger partial charge in [-0.1, -0.05) is 13.8 Å². The second-order valence-electron chi connectivity index (χ2n) is 5.13. The largest absolute Gasteiger partial charge is 0.476 e. The number of aromatic nitrogens is 4. The molecule has 0 saturated carbocycles. The molecule has 24 heavy (non-hydrogen) atoms. The van der Waals surface area contributed by atoms with E-state index >= 15 is 0 Å². The van der Waals surface area contributed by atoms with Crippen LogP contribution in [0.25, 0.3) is 5.69 Å². The minimum atomic E-state index is -4.60. The van der Waals surface area contributed by atoms with Crippen molar-refractivity contribution in [1.82, 2.24) is 19.8 Å². The number of nitrogen functional groups attached to an aromatic ring is 1. The molecule has 1 aromatic heterocycles. The first-order valence-corrected chi connectivity index (χ1v) is 7.17. The minimum absolute atomic E-state index is 0.0181. The summed E-state index contributed by atoms with van der Waals surface area (Å²) in [6, 6.07) is 3.91. The number of hydrogen-bond donors (Lipinski definition) is 1. The molecule has 1 aromatic carbocycles. The van der Waals surface area contributed by atoms with E-state index in [4.69, 9.17) is 10.5 Å². The average Bonchev–Trinajstić information content (AvgIpc) is 2.82. The van der Waals surface area contributed by atoms with Crippen LogP contribution < -0.4 is 16.2 Å². The van der Waals surface area contributed by atoms with Crippen molar-refractivity contribution in [2.75, 3.05) is 5.73 Å². The van der Waals surface area contributed by atoms with E-state index in [1.54, 1.807) is 0 Å². The van der Waals surface area contributed by atoms with Crippen LogP contribution in [-0.2, 0) is 7.05 Å². The molecule has 0 fully saturated rings. The van der Waals surface area contributed by atoms with Crippen molar-refractivity contribution in [1.29, 1.82) is 0 Å². The summed E-state index contributed by atoms with van der Waals surface area (Å²) in [7, 11) is 1.36. The van der Waals surface area contributed by atoms with Crippen LogP contribution in [0.5, 0.6) is 5.75 Å². The molecule has 7 nitrogen and oxygen atoms in total. The fourth-order valence-electron chi connectivity index (χ4n) is 1.58. The highest BCUT2D eigenvalue weighted by Gasteiger charge is 2.50. The van der Waals surface area contributed by atoms with Crippen LogP contribution in [0.2, 0.25) is 0 Å². The Morgan fingerprint density at radius 1 is 1.17 bits per heavy atom. The molecular weight excluding hydrogens is 327 g/mol. The number of ether oxygens (including phenoxy) is 1. The summed E-state index contributed by atoms with van der Waals surface area (Å²) in [6.07, 6.45) is -4.60. The maximum absolute atomic E-state index is 13.0. The SMILES string of the molecule is CC.Cn1nnn(-c2cc(N)ccc2OC(C)(C)C(F)(F)F)c1=O. The van der Waals surface area contributed by atoms with Crippen molar-refractivity contribution >= 4 is 5.69 Å². The van der Waals surface area contributed by atoms with Gasteiger partial charge in [-0.15, -0.1) is 0 Å². The first-order chi connectivity index (χ1) is 11.0. The Labute approximate surface area is 136 Å². The lowest BCUT2D eigenvalue weighted by Crippen LogP contribution is -2.44. The fourth-order valence-corrected chi connectivity index (χ4v) is 1.58. The Hall–Kier alpha value is -2.52. The number of nitrogens with zero attached hydrogens (tertiary/aromatic N) is 4. The third kappa shape index (κ3) is 3.87. The van der Waals surface area contributed by atoms with E-state index in [0.717, 1.165) is 23.2 Å². The Bertz CT molecular complexity index is 750. The fraction of sp³-hybridized carbons (Fsp3) is 0.500. The van der Waals surface area contributed by atoms with Crippen LogP contribution in [0.1, 0.15) is 27.7 Å². The van der Waals surface area contributed by atoms with Crippen molar-refractivity contribution < 1.29 is 17.9 Å². The van der Waals surface area contributed by atoms with Gasteiger partial charge in [0.1, 0.15) is 11.4 Å². The Morgan fingerprint density at radius 3 is 2.21 bits per heavy atom. The van der Waals surface area contributed by atoms with Crippen LogP contribution in [0.15, 0.2) is 23.0 Å². The van der Waals surface area contributed by atoms with Crippen LogP contribution in [0.4, 0.5) is 18.9 Å². The van der Waals surface area contributed by atoms with Gasteiger partial charge in [0.05, 0.1) is 0 Å². The number of halogens is 3. The van der Waals surface area contributed by atoms with Gasteiger partial charge in [-0.2, -0.15) is 22.5 Å². The highest BCUT2D eigenvalue weighted by Crippen LogP contribution is 2.36. The molecule has 134 valence electrons. The average molecular weight is 347 g/mol. The van der Waals surface area contributed by atoms with Gasteiger partial charge in [0.25, 0.3) is 0 Å². The van der Waals surface area contributed by atoms with Crippen molar-refractivity contribution in [3.63, 3.8) is 0 Å². The molecule has 0 bridgehead atoms. The van der Waals surface area contributed by atoms with Crippen LogP contribution in [0, 0.1) is 0 Å². The van der Waals surface area contributed by atoms with Crippen molar-refractivity contribution in [2.45, 2.75) is 39.5 Å². The Kier molecular flexibility index (Phi) is 5.64. The third-order valence-corrected chi connectivity index (χ3v) is 2.98. The van der Waals surface area contributed by atoms with E-state index in [-0.39, 0.29) is 17.1 Å². The first kappa shape index (κ1) is 19.5. The molecule has 0 aliphatic carbocycles. The summed E-state index contributed by atoms with van der Waals surface area (Å²) >= 11 is 0. The van der Waals surface area contributed by atoms with E-state index in [2.05, 4.69) is 10.4 Å². The predicted molar refractivity (Wildman–Crippen MR) is 83.1 cm³/mol. The van der Waals surface area contributed by atoms with Crippen molar-refractivity contribution in [3.8, 4) is 11.4 Å². The number of hydrogen-bond acceptors (Lipinski definition) is 5. The second kappa shape index (κ2) is 6.93. The predicted octanol–water partition coefficient (Wildman–Crippen LogP) is 2.29. The van der Waals surface area contributed by atoms with E-state index < -0.39 is 17.5 Å². The molecule has 0 aliphatic heterocycles. The zero-order valence-electron chi connectivity index (χ0n) is 14.0. The molecule has 0 amide bonds. The van der Waals surface area contributed by atoms with E-state index in [0.29, 0.717) is 0 Å². The highest BCUT2D eigenvalue weighted by atomic mass is 19.4. The summed E-state index contributed by atoms with van der Waals surface area (Å²) in [4.78, 5) is 11.9. The number of benzene rings is 1. The second-order valence-corrected chi connectivity index (χ2v) is 5.13. The number of tetrazole rings is 1. The molecule has 2 N–H and O–H groups in total. The maximum Gasteiger partial charge on any atom is 0.427 e. The monoisotopic (exact) mass is 347 g/mol. The topological polar surface area (TPSA) is 88.0 Å². The summed E-state index contributed by atoms with van der Waals surface area (Å²) in [5.74, 6) is -0.181. The molecule has 2 aromatic rings. The number of aryl methyl sites for hydroxylation is 1. The van der Waals surface area contributed by atoms with Gasteiger partial charge in [-0.3, -0.25) is 0 Å². The Morgan fingerprint density at radius 2 is 1.75 bits per heavy atom. The van der Waals surface area contributed by atoms with Gasteiger partial charge in [0.2, 0.25) is 0 Å². The summed E-state index contributed by atoms with van der Waals surface area (Å²) in [5.41, 5.74) is 2.75. The van der Waals surface area contributed by atoms with Gasteiger partial charge in [0, 0.05) is 12.7 Å². The molecule has 1 heterocycles. The van der Waals surface area contributed by atoms with Gasteiger partial charge >= 0.3 is 11.9 Å². The zero-order chi connectivity index (χ0) is 18.7. The number of rotatable bonds is 3. The molecule has 0 saturated heterocycles. The van der Waals surface area contributed by atoms with Crippen LogP contribution in [0.3, 0.4) is 0 Å². The standard InChI is InChI=1S/C12H14F3N5O2.C2H6/c1-11(2,12(13,14)15)22-9-5-4-7(16)6-8(9)20-10(21)19(3)17-18-20;1-2/h4-6H,16H2,1-3H3;1-2H3. The lowest BCUT2D eigenvalue weighted by atomic mass is 10.1. The first-order valence-electron chi connectivity index (χ1n) is 7.17. The van der Waals surface area contributed by atoms with E-state index in [9.17, 15) is 18.0 Å². The third-order valence-electron chi connectivity index (χ3n) is 2.98. The van der Waals surface area contributed by atoms with E-state index in [1.807, 2.05) is 13.8 Å². The number of nitrogens with two attached hydrogens (primary N) is 1. The normalized spacial score (nSPS) is 11.7. The van der Waals surface area contributed by atoms with Crippen LogP contribution in [-0.4, -0.2) is 31.6 Å². The lowest BCUT2D eigenvalue weighted by Gasteiger charge is -2.29. The molecule has 0 unspecified atom stereocenters. The Balaban J connectivity index is 0.00000139. The van der Waals surface area contributed by atoms with Gasteiger partial charge in [-0.05, 0) is 42.5 Å². The number of alkyl halides is 3. The highest BCUT2D eigenvalue weighted by molar-refractivity contribution is 5.56. The molecule has 0 spiro atoms. The van der Waals surface area contributed by atoms with Crippen LogP contribution >= 0.6 is 0 Å². The molecule has 2 rings (SSSR count). The molecule has 0 atom stereocenters. The van der Waals surface area contributed by atoms with Gasteiger partial charge < -0.3 is 10.5 Å². The van der Waals surface area contributed by atoms with Gasteiger partial charge in [0.15, 0.2) is 5.60 Å². The molecule has 10 heteroatoms. The maximum atomic E-state index is 13.0. The molecule has 0 radical (unpaired) electrons. The smallest absolute Gasteiger partial charge is 0.427 e. The summed E-state index contributed by atoms with van der Waals surface area (Å²) < 4.78 is 45.7. The summed E-state index contributed by atoms with van der Waals surface area (Å²) in [5, 5.41) is 7.09. The van der Waals surface area contributed by atoms with Gasteiger partial charge in [-0.25, -0.2) is 4.79 Å². The lowest BCUT2D eigenvalue weighted by molar-refractivity contribution is -0.234. The van der Waals surface area contributed by atoms with E-state index in [1.165, 1.54) is 25.2 Å². The molecule has 0 aliphatic rings. The minimum Gasteiger partial charge on any atom is -0.476 e. The number of anilines is 1. The van der Waals surface area contributed by atoms with Crippen molar-refractivity contribution in [3.05, 3.63) is 28.7 Å². The zero-order valence-corrected chi connectivity index (χ0v) is 14.0. The summed E-state index contributed by atoms with van der Waals surface area (Å²) in [6.45, 7) is 5.76. The van der Waals surface area contributed by atoms with Crippen molar-refractivity contribution in [2.24, 2.45) is 7.05 Å². The molecular formula is C14H20F3N5O2. The quantitative estimate of drug-likeness (QED) is 0.861.